The van der Waals surface area contributed by atoms with Crippen LogP contribution in [-0.2, 0) is 0 Å². The molecular formula is C16H24N2O2. The quantitative estimate of drug-likeness (QED) is 0.887. The summed E-state index contributed by atoms with van der Waals surface area (Å²) >= 11 is 0. The first-order chi connectivity index (χ1) is 9.57. The Morgan fingerprint density at radius 2 is 2.10 bits per heavy atom. The fourth-order valence-electron chi connectivity index (χ4n) is 3.07. The zero-order valence-electron chi connectivity index (χ0n) is 12.1. The highest BCUT2D eigenvalue weighted by Gasteiger charge is 2.33. The number of aliphatic hydroxyl groups is 1. The van der Waals surface area contributed by atoms with Crippen molar-refractivity contribution in [2.75, 3.05) is 6.54 Å². The Labute approximate surface area is 120 Å². The van der Waals surface area contributed by atoms with Gasteiger partial charge in [0.1, 0.15) is 5.69 Å². The van der Waals surface area contributed by atoms with E-state index in [0.29, 0.717) is 18.5 Å². The number of hydrogen-bond acceptors (Lipinski definition) is 2. The lowest BCUT2D eigenvalue weighted by molar-refractivity contribution is -0.00546. The van der Waals surface area contributed by atoms with Gasteiger partial charge in [0, 0.05) is 18.8 Å². The van der Waals surface area contributed by atoms with Gasteiger partial charge in [-0.25, -0.2) is 0 Å². The van der Waals surface area contributed by atoms with Crippen LogP contribution in [0, 0.1) is 5.92 Å². The topological polar surface area (TPSA) is 54.3 Å². The standard InChI is InChI=1S/C16H24N2O2/c1-12-6-8-16(20,9-7-12)11-17-15(19)14-3-2-10-18(14)13-4-5-13/h2-3,10,12-13,20H,4-9,11H2,1H3,(H,17,19). The first-order valence-electron chi connectivity index (χ1n) is 7.75. The molecule has 0 radical (unpaired) electrons. The van der Waals surface area contributed by atoms with E-state index >= 15 is 0 Å². The van der Waals surface area contributed by atoms with E-state index in [0.717, 1.165) is 44.2 Å². The number of amides is 1. The van der Waals surface area contributed by atoms with Crippen LogP contribution in [0.4, 0.5) is 0 Å². The summed E-state index contributed by atoms with van der Waals surface area (Å²) in [4.78, 5) is 12.3. The van der Waals surface area contributed by atoms with Crippen molar-refractivity contribution < 1.29 is 9.90 Å². The largest absolute Gasteiger partial charge is 0.388 e. The molecule has 1 amide bonds. The Hall–Kier alpha value is -1.29. The predicted molar refractivity (Wildman–Crippen MR) is 77.6 cm³/mol. The van der Waals surface area contributed by atoms with Gasteiger partial charge in [0.05, 0.1) is 5.60 Å². The van der Waals surface area contributed by atoms with Crippen molar-refractivity contribution in [2.24, 2.45) is 5.92 Å². The summed E-state index contributed by atoms with van der Waals surface area (Å²) in [6.07, 6.45) is 7.98. The Balaban J connectivity index is 1.57. The highest BCUT2D eigenvalue weighted by molar-refractivity contribution is 5.92. The molecule has 110 valence electrons. The minimum absolute atomic E-state index is 0.0612. The molecule has 3 rings (SSSR count). The molecule has 4 heteroatoms. The Kier molecular flexibility index (Phi) is 3.59. The van der Waals surface area contributed by atoms with E-state index in [4.69, 9.17) is 0 Å². The molecule has 0 spiro atoms. The molecule has 0 bridgehead atoms. The first-order valence-corrected chi connectivity index (χ1v) is 7.75. The second-order valence-electron chi connectivity index (χ2n) is 6.62. The van der Waals surface area contributed by atoms with Crippen LogP contribution in [-0.4, -0.2) is 27.7 Å². The summed E-state index contributed by atoms with van der Waals surface area (Å²) in [5.41, 5.74) is 0.0133. The summed E-state index contributed by atoms with van der Waals surface area (Å²) in [5, 5.41) is 13.4. The van der Waals surface area contributed by atoms with Crippen molar-refractivity contribution in [3.05, 3.63) is 24.0 Å². The minimum Gasteiger partial charge on any atom is -0.388 e. The third kappa shape index (κ3) is 2.90. The van der Waals surface area contributed by atoms with Crippen LogP contribution in [0.5, 0.6) is 0 Å². The highest BCUT2D eigenvalue weighted by atomic mass is 16.3. The van der Waals surface area contributed by atoms with Crippen LogP contribution in [0.15, 0.2) is 18.3 Å². The monoisotopic (exact) mass is 276 g/mol. The first kappa shape index (κ1) is 13.7. The second-order valence-corrected chi connectivity index (χ2v) is 6.62. The van der Waals surface area contributed by atoms with Crippen molar-refractivity contribution in [1.29, 1.82) is 0 Å². The van der Waals surface area contributed by atoms with Crippen molar-refractivity contribution in [2.45, 2.75) is 57.1 Å². The van der Waals surface area contributed by atoms with Crippen LogP contribution >= 0.6 is 0 Å². The van der Waals surface area contributed by atoms with Gasteiger partial charge in [0.25, 0.3) is 5.91 Å². The maximum atomic E-state index is 12.3. The third-order valence-corrected chi connectivity index (χ3v) is 4.73. The predicted octanol–water partition coefficient (Wildman–Crippen LogP) is 2.49. The molecule has 0 unspecified atom stereocenters. The molecule has 2 N–H and O–H groups in total. The number of hydrogen-bond donors (Lipinski definition) is 2. The molecule has 0 aromatic carbocycles. The molecule has 2 aliphatic rings. The normalized spacial score (nSPS) is 30.2. The number of nitrogens with one attached hydrogen (secondary N) is 1. The molecule has 1 aromatic heterocycles. The summed E-state index contributed by atoms with van der Waals surface area (Å²) in [7, 11) is 0. The van der Waals surface area contributed by atoms with Gasteiger partial charge in [0.2, 0.25) is 0 Å². The molecule has 2 aliphatic carbocycles. The molecule has 0 aliphatic heterocycles. The van der Waals surface area contributed by atoms with E-state index in [1.165, 1.54) is 0 Å². The zero-order valence-corrected chi connectivity index (χ0v) is 12.1. The maximum absolute atomic E-state index is 12.3. The number of nitrogens with zero attached hydrogens (tertiary/aromatic N) is 1. The van der Waals surface area contributed by atoms with Crippen LogP contribution in [0.1, 0.15) is 62.0 Å². The van der Waals surface area contributed by atoms with Crippen molar-refractivity contribution in [1.82, 2.24) is 9.88 Å². The average Bonchev–Trinajstić information content (AvgIpc) is 3.17. The lowest BCUT2D eigenvalue weighted by Gasteiger charge is -2.34. The fraction of sp³-hybridized carbons (Fsp3) is 0.688. The summed E-state index contributed by atoms with van der Waals surface area (Å²) in [5.74, 6) is 0.632. The van der Waals surface area contributed by atoms with Crippen LogP contribution < -0.4 is 5.32 Å². The molecule has 20 heavy (non-hydrogen) atoms. The number of carbonyl (C=O) groups excluding carboxylic acids is 1. The molecule has 1 aromatic rings. The van der Waals surface area contributed by atoms with Gasteiger partial charge in [-0.15, -0.1) is 0 Å². The summed E-state index contributed by atoms with van der Waals surface area (Å²) in [6, 6.07) is 4.29. The van der Waals surface area contributed by atoms with Crippen molar-refractivity contribution in [3.63, 3.8) is 0 Å². The van der Waals surface area contributed by atoms with Gasteiger partial charge < -0.3 is 15.0 Å². The van der Waals surface area contributed by atoms with Gasteiger partial charge in [-0.2, -0.15) is 0 Å². The molecule has 0 saturated heterocycles. The molecule has 1 heterocycles. The van der Waals surface area contributed by atoms with E-state index in [-0.39, 0.29) is 5.91 Å². The van der Waals surface area contributed by atoms with Crippen LogP contribution in [0.2, 0.25) is 0 Å². The van der Waals surface area contributed by atoms with Crippen LogP contribution in [0.25, 0.3) is 0 Å². The highest BCUT2D eigenvalue weighted by Crippen LogP contribution is 2.36. The lowest BCUT2D eigenvalue weighted by atomic mass is 9.79. The maximum Gasteiger partial charge on any atom is 0.268 e. The van der Waals surface area contributed by atoms with Gasteiger partial charge in [-0.05, 0) is 56.6 Å². The summed E-state index contributed by atoms with van der Waals surface area (Å²) in [6.45, 7) is 2.59. The second kappa shape index (κ2) is 5.24. The fourth-order valence-corrected chi connectivity index (χ4v) is 3.07. The van der Waals surface area contributed by atoms with E-state index in [2.05, 4.69) is 16.8 Å². The summed E-state index contributed by atoms with van der Waals surface area (Å²) < 4.78 is 2.06. The zero-order chi connectivity index (χ0) is 14.2. The van der Waals surface area contributed by atoms with E-state index < -0.39 is 5.60 Å². The van der Waals surface area contributed by atoms with E-state index in [1.54, 1.807) is 0 Å². The van der Waals surface area contributed by atoms with E-state index in [9.17, 15) is 9.90 Å². The third-order valence-electron chi connectivity index (χ3n) is 4.73. The Morgan fingerprint density at radius 3 is 2.75 bits per heavy atom. The molecule has 2 saturated carbocycles. The Morgan fingerprint density at radius 1 is 1.40 bits per heavy atom. The van der Waals surface area contributed by atoms with Gasteiger partial charge in [-0.1, -0.05) is 6.92 Å². The smallest absolute Gasteiger partial charge is 0.268 e. The lowest BCUT2D eigenvalue weighted by Crippen LogP contribution is -2.45. The molecule has 4 nitrogen and oxygen atoms in total. The SMILES string of the molecule is CC1CCC(O)(CNC(=O)c2cccn2C2CC2)CC1. The molecule has 2 fully saturated rings. The Bertz CT molecular complexity index is 482. The number of carbonyl (C=O) groups is 1. The van der Waals surface area contributed by atoms with Crippen LogP contribution in [0.3, 0.4) is 0 Å². The van der Waals surface area contributed by atoms with Gasteiger partial charge in [0.15, 0.2) is 0 Å². The number of aromatic nitrogens is 1. The number of rotatable bonds is 4. The molecular weight excluding hydrogens is 252 g/mol. The molecule has 0 atom stereocenters. The van der Waals surface area contributed by atoms with Crippen molar-refractivity contribution in [3.8, 4) is 0 Å². The van der Waals surface area contributed by atoms with E-state index in [1.807, 2.05) is 18.3 Å². The average molecular weight is 276 g/mol. The minimum atomic E-state index is -0.709. The van der Waals surface area contributed by atoms with Gasteiger partial charge in [-0.3, -0.25) is 4.79 Å². The van der Waals surface area contributed by atoms with Gasteiger partial charge >= 0.3 is 0 Å². The van der Waals surface area contributed by atoms with Crippen molar-refractivity contribution >= 4 is 5.91 Å².